The van der Waals surface area contributed by atoms with Crippen LogP contribution in [0.3, 0.4) is 0 Å². The van der Waals surface area contributed by atoms with E-state index in [9.17, 15) is 18.0 Å². The number of halogens is 3. The van der Waals surface area contributed by atoms with Crippen LogP contribution in [-0.4, -0.2) is 17.3 Å². The Kier molecular flexibility index (Phi) is 3.98. The van der Waals surface area contributed by atoms with Crippen LogP contribution in [0.1, 0.15) is 17.3 Å². The fourth-order valence-electron chi connectivity index (χ4n) is 1.08. The Hall–Kier alpha value is -1.01. The lowest BCUT2D eigenvalue weighted by atomic mass is 10.1. The van der Waals surface area contributed by atoms with Gasteiger partial charge in [-0.25, -0.2) is 0 Å². The van der Waals surface area contributed by atoms with E-state index in [-0.39, 0.29) is 22.4 Å². The van der Waals surface area contributed by atoms with Gasteiger partial charge in [-0.3, -0.25) is 4.79 Å². The molecule has 0 aromatic heterocycles. The van der Waals surface area contributed by atoms with E-state index in [4.69, 9.17) is 5.73 Å². The summed E-state index contributed by atoms with van der Waals surface area (Å²) in [6.07, 6.45) is 0. The first-order valence-corrected chi connectivity index (χ1v) is 5.27. The maximum atomic E-state index is 12.0. The lowest BCUT2D eigenvalue weighted by molar-refractivity contribution is -0.0328. The van der Waals surface area contributed by atoms with E-state index in [1.165, 1.54) is 31.2 Å². The van der Waals surface area contributed by atoms with Gasteiger partial charge in [-0.2, -0.15) is 13.2 Å². The molecule has 0 aliphatic rings. The van der Waals surface area contributed by atoms with Crippen LogP contribution in [0.4, 0.5) is 13.2 Å². The number of hydrogen-bond acceptors (Lipinski definition) is 3. The second-order valence-corrected chi connectivity index (χ2v) is 4.36. The molecule has 0 amide bonds. The van der Waals surface area contributed by atoms with Crippen molar-refractivity contribution in [2.24, 2.45) is 5.73 Å². The van der Waals surface area contributed by atoms with Gasteiger partial charge in [-0.05, 0) is 30.8 Å². The standard InChI is InChI=1S/C10H10F3NOS/c1-6(14)9(15)7-2-4-8(5-3-7)16-10(11,12)13/h2-6H,14H2,1H3. The smallest absolute Gasteiger partial charge is 0.321 e. The zero-order valence-electron chi connectivity index (χ0n) is 8.41. The number of nitrogens with two attached hydrogens (primary N) is 1. The lowest BCUT2D eigenvalue weighted by Gasteiger charge is -2.07. The molecule has 2 nitrogen and oxygen atoms in total. The number of carbonyl (C=O) groups excluding carboxylic acids is 1. The summed E-state index contributed by atoms with van der Waals surface area (Å²) in [4.78, 5) is 11.4. The maximum absolute atomic E-state index is 12.0. The molecule has 1 aromatic carbocycles. The van der Waals surface area contributed by atoms with E-state index >= 15 is 0 Å². The SMILES string of the molecule is CC(N)C(=O)c1ccc(SC(F)(F)F)cc1. The highest BCUT2D eigenvalue weighted by Crippen LogP contribution is 2.36. The zero-order valence-corrected chi connectivity index (χ0v) is 9.23. The van der Waals surface area contributed by atoms with Crippen LogP contribution in [0.15, 0.2) is 29.2 Å². The molecule has 0 spiro atoms. The third kappa shape index (κ3) is 3.86. The molecular formula is C10H10F3NOS. The Bertz CT molecular complexity index is 373. The predicted octanol–water partition coefficient (Wildman–Crippen LogP) is 2.83. The fraction of sp³-hybridized carbons (Fsp3) is 0.300. The molecule has 1 unspecified atom stereocenters. The number of ketones is 1. The van der Waals surface area contributed by atoms with Crippen molar-refractivity contribution in [3.63, 3.8) is 0 Å². The number of hydrogen-bond donors (Lipinski definition) is 1. The van der Waals surface area contributed by atoms with Gasteiger partial charge in [0.25, 0.3) is 0 Å². The molecular weight excluding hydrogens is 239 g/mol. The van der Waals surface area contributed by atoms with Crippen molar-refractivity contribution in [3.8, 4) is 0 Å². The summed E-state index contributed by atoms with van der Waals surface area (Å²) in [7, 11) is 0. The van der Waals surface area contributed by atoms with Gasteiger partial charge in [0.2, 0.25) is 0 Å². The van der Waals surface area contributed by atoms with Crippen molar-refractivity contribution in [2.45, 2.75) is 23.4 Å². The lowest BCUT2D eigenvalue weighted by Crippen LogP contribution is -2.26. The summed E-state index contributed by atoms with van der Waals surface area (Å²) in [6, 6.07) is 4.56. The number of thioether (sulfide) groups is 1. The van der Waals surface area contributed by atoms with Crippen LogP contribution >= 0.6 is 11.8 Å². The molecule has 2 N–H and O–H groups in total. The highest BCUT2D eigenvalue weighted by atomic mass is 32.2. The van der Waals surface area contributed by atoms with Crippen LogP contribution in [0.25, 0.3) is 0 Å². The van der Waals surface area contributed by atoms with Gasteiger partial charge in [0, 0.05) is 10.5 Å². The van der Waals surface area contributed by atoms with E-state index in [0.29, 0.717) is 5.56 Å². The van der Waals surface area contributed by atoms with Crippen molar-refractivity contribution in [1.82, 2.24) is 0 Å². The molecule has 0 heterocycles. The van der Waals surface area contributed by atoms with Crippen molar-refractivity contribution in [3.05, 3.63) is 29.8 Å². The number of benzene rings is 1. The summed E-state index contributed by atoms with van der Waals surface area (Å²) >= 11 is -0.213. The van der Waals surface area contributed by atoms with Crippen LogP contribution in [-0.2, 0) is 0 Å². The fourth-order valence-corrected chi connectivity index (χ4v) is 1.62. The van der Waals surface area contributed by atoms with Crippen molar-refractivity contribution >= 4 is 17.5 Å². The van der Waals surface area contributed by atoms with Gasteiger partial charge in [0.05, 0.1) is 6.04 Å². The van der Waals surface area contributed by atoms with E-state index in [0.717, 1.165) is 0 Å². The van der Waals surface area contributed by atoms with E-state index in [2.05, 4.69) is 0 Å². The van der Waals surface area contributed by atoms with E-state index < -0.39 is 11.6 Å². The summed E-state index contributed by atoms with van der Waals surface area (Å²) in [5, 5.41) is 0. The molecule has 0 radical (unpaired) electrons. The summed E-state index contributed by atoms with van der Waals surface area (Å²) < 4.78 is 36.0. The van der Waals surface area contributed by atoms with Crippen molar-refractivity contribution in [2.75, 3.05) is 0 Å². The second-order valence-electron chi connectivity index (χ2n) is 3.23. The molecule has 1 rings (SSSR count). The monoisotopic (exact) mass is 249 g/mol. The Morgan fingerprint density at radius 1 is 1.31 bits per heavy atom. The molecule has 0 saturated carbocycles. The van der Waals surface area contributed by atoms with Crippen molar-refractivity contribution < 1.29 is 18.0 Å². The topological polar surface area (TPSA) is 43.1 Å². The predicted molar refractivity (Wildman–Crippen MR) is 56.3 cm³/mol. The Morgan fingerprint density at radius 2 is 1.81 bits per heavy atom. The molecule has 16 heavy (non-hydrogen) atoms. The Balaban J connectivity index is 2.80. The van der Waals surface area contributed by atoms with Gasteiger partial charge in [-0.15, -0.1) is 0 Å². The molecule has 1 aromatic rings. The summed E-state index contributed by atoms with van der Waals surface area (Å²) in [5.41, 5.74) is 1.38. The largest absolute Gasteiger partial charge is 0.446 e. The maximum Gasteiger partial charge on any atom is 0.446 e. The van der Waals surface area contributed by atoms with Crippen LogP contribution in [0.2, 0.25) is 0 Å². The molecule has 0 aliphatic heterocycles. The van der Waals surface area contributed by atoms with Crippen LogP contribution in [0.5, 0.6) is 0 Å². The average Bonchev–Trinajstić information content (AvgIpc) is 2.15. The molecule has 6 heteroatoms. The average molecular weight is 249 g/mol. The van der Waals surface area contributed by atoms with Gasteiger partial charge in [0.15, 0.2) is 5.78 Å². The third-order valence-electron chi connectivity index (χ3n) is 1.79. The molecule has 0 aliphatic carbocycles. The van der Waals surface area contributed by atoms with Crippen LogP contribution in [0, 0.1) is 0 Å². The van der Waals surface area contributed by atoms with Gasteiger partial charge >= 0.3 is 5.51 Å². The normalized spacial score (nSPS) is 13.6. The minimum Gasteiger partial charge on any atom is -0.321 e. The number of Topliss-reactive ketones (excluding diaryl/α,β-unsaturated/α-hetero) is 1. The van der Waals surface area contributed by atoms with Crippen molar-refractivity contribution in [1.29, 1.82) is 0 Å². The first-order valence-electron chi connectivity index (χ1n) is 4.45. The Morgan fingerprint density at radius 3 is 2.19 bits per heavy atom. The van der Waals surface area contributed by atoms with Gasteiger partial charge in [-0.1, -0.05) is 12.1 Å². The summed E-state index contributed by atoms with van der Waals surface area (Å²) in [6.45, 7) is 1.53. The third-order valence-corrected chi connectivity index (χ3v) is 2.53. The molecule has 0 saturated heterocycles. The van der Waals surface area contributed by atoms with Gasteiger partial charge < -0.3 is 5.73 Å². The van der Waals surface area contributed by atoms with E-state index in [1.807, 2.05) is 0 Å². The quantitative estimate of drug-likeness (QED) is 0.661. The first-order chi connectivity index (χ1) is 7.29. The summed E-state index contributed by atoms with van der Waals surface area (Å²) in [5.74, 6) is -0.288. The highest BCUT2D eigenvalue weighted by Gasteiger charge is 2.29. The minimum absolute atomic E-state index is 0.0497. The molecule has 0 fully saturated rings. The highest BCUT2D eigenvalue weighted by molar-refractivity contribution is 8.00. The molecule has 0 bridgehead atoms. The van der Waals surface area contributed by atoms with Gasteiger partial charge in [0.1, 0.15) is 0 Å². The minimum atomic E-state index is -4.31. The first kappa shape index (κ1) is 13.1. The van der Waals surface area contributed by atoms with E-state index in [1.54, 1.807) is 0 Å². The molecule has 88 valence electrons. The Labute approximate surface area is 95.0 Å². The van der Waals surface area contributed by atoms with Crippen LogP contribution < -0.4 is 5.73 Å². The number of carbonyl (C=O) groups is 1. The zero-order chi connectivity index (χ0) is 12.3. The number of rotatable bonds is 3. The molecule has 1 atom stereocenters. The second kappa shape index (κ2) is 4.88. The number of alkyl halides is 3.